The predicted octanol–water partition coefficient (Wildman–Crippen LogP) is 1.69. The van der Waals surface area contributed by atoms with E-state index in [1.165, 1.54) is 0 Å². The highest BCUT2D eigenvalue weighted by Gasteiger charge is 2.11. The minimum Gasteiger partial charge on any atom is -0.480 e. The van der Waals surface area contributed by atoms with E-state index in [0.717, 1.165) is 23.6 Å². The first kappa shape index (κ1) is 12.1. The maximum Gasteiger partial charge on any atom is 0.317 e. The molecule has 2 rings (SSSR count). The summed E-state index contributed by atoms with van der Waals surface area (Å²) in [6.07, 6.45) is 4.85. The van der Waals surface area contributed by atoms with Crippen LogP contribution in [0.15, 0.2) is 17.8 Å². The molecule has 2 aromatic rings. The third-order valence-corrected chi connectivity index (χ3v) is 3.20. The normalized spacial score (nSPS) is 11.4. The number of aromatic nitrogens is 2. The average molecular weight is 253 g/mol. The molecular weight excluding hydrogens is 238 g/mol. The van der Waals surface area contributed by atoms with Crippen LogP contribution in [0, 0.1) is 0 Å². The molecule has 0 bridgehead atoms. The van der Waals surface area contributed by atoms with E-state index in [1.807, 2.05) is 34.0 Å². The van der Waals surface area contributed by atoms with Crippen molar-refractivity contribution in [3.05, 3.63) is 23.5 Å². The van der Waals surface area contributed by atoms with Crippen molar-refractivity contribution in [3.8, 4) is 0 Å². The molecule has 0 fully saturated rings. The molecule has 0 atom stereocenters. The second kappa shape index (κ2) is 5.29. The number of aliphatic carboxylic acids is 1. The monoisotopic (exact) mass is 253 g/mol. The van der Waals surface area contributed by atoms with E-state index in [9.17, 15) is 4.79 Å². The Hall–Kier alpha value is -1.40. The quantitative estimate of drug-likeness (QED) is 0.851. The van der Waals surface area contributed by atoms with Gasteiger partial charge >= 0.3 is 5.97 Å². The Balaban J connectivity index is 2.06. The molecule has 0 unspecified atom stereocenters. The van der Waals surface area contributed by atoms with E-state index in [4.69, 9.17) is 5.11 Å². The summed E-state index contributed by atoms with van der Waals surface area (Å²) in [5, 5.41) is 10.8. The van der Waals surface area contributed by atoms with Gasteiger partial charge in [0, 0.05) is 24.3 Å². The zero-order chi connectivity index (χ0) is 12.3. The van der Waals surface area contributed by atoms with Crippen LogP contribution in [0.3, 0.4) is 0 Å². The molecule has 0 aliphatic heterocycles. The molecule has 92 valence electrons. The zero-order valence-corrected chi connectivity index (χ0v) is 10.5. The number of fused-ring (bicyclic) bond motifs is 1. The highest BCUT2D eigenvalue weighted by Crippen LogP contribution is 2.12. The molecule has 0 aliphatic carbocycles. The van der Waals surface area contributed by atoms with E-state index in [1.54, 1.807) is 11.3 Å². The van der Waals surface area contributed by atoms with Crippen molar-refractivity contribution >= 4 is 22.3 Å². The van der Waals surface area contributed by atoms with Gasteiger partial charge in [-0.3, -0.25) is 14.1 Å². The first-order valence-electron chi connectivity index (χ1n) is 5.54. The SMILES string of the molecule is CCCN(CC(=O)O)Cc1cn2ccsc2n1. The van der Waals surface area contributed by atoms with Crippen molar-refractivity contribution in [3.63, 3.8) is 0 Å². The van der Waals surface area contributed by atoms with Crippen LogP contribution in [-0.2, 0) is 11.3 Å². The number of carboxylic acids is 1. The molecule has 0 aliphatic rings. The van der Waals surface area contributed by atoms with E-state index in [2.05, 4.69) is 4.98 Å². The largest absolute Gasteiger partial charge is 0.480 e. The molecule has 0 aromatic carbocycles. The number of carbonyl (C=O) groups is 1. The molecule has 0 saturated carbocycles. The zero-order valence-electron chi connectivity index (χ0n) is 9.67. The molecule has 2 heterocycles. The maximum absolute atomic E-state index is 10.7. The number of imidazole rings is 1. The third-order valence-electron chi connectivity index (χ3n) is 2.43. The van der Waals surface area contributed by atoms with Gasteiger partial charge in [0.2, 0.25) is 0 Å². The standard InChI is InChI=1S/C11H15N3O2S/c1-2-3-13(8-10(15)16)6-9-7-14-4-5-17-11(14)12-9/h4-5,7H,2-3,6,8H2,1H3,(H,15,16). The summed E-state index contributed by atoms with van der Waals surface area (Å²) < 4.78 is 1.96. The summed E-state index contributed by atoms with van der Waals surface area (Å²) in [6, 6.07) is 0. The van der Waals surface area contributed by atoms with Crippen LogP contribution in [0.1, 0.15) is 19.0 Å². The Morgan fingerprint density at radius 2 is 2.47 bits per heavy atom. The van der Waals surface area contributed by atoms with Gasteiger partial charge in [-0.25, -0.2) is 4.98 Å². The van der Waals surface area contributed by atoms with E-state index in [0.29, 0.717) is 6.54 Å². The van der Waals surface area contributed by atoms with Gasteiger partial charge in [-0.05, 0) is 13.0 Å². The van der Waals surface area contributed by atoms with Crippen molar-refractivity contribution in [1.82, 2.24) is 14.3 Å². The summed E-state index contributed by atoms with van der Waals surface area (Å²) in [5.41, 5.74) is 0.923. The summed E-state index contributed by atoms with van der Waals surface area (Å²) in [7, 11) is 0. The van der Waals surface area contributed by atoms with Gasteiger partial charge in [0.15, 0.2) is 4.96 Å². The number of thiazole rings is 1. The minimum atomic E-state index is -0.792. The average Bonchev–Trinajstić information content (AvgIpc) is 2.76. The number of hydrogen-bond acceptors (Lipinski definition) is 4. The second-order valence-corrected chi connectivity index (χ2v) is 4.80. The van der Waals surface area contributed by atoms with Gasteiger partial charge in [0.1, 0.15) is 0 Å². The Morgan fingerprint density at radius 1 is 1.65 bits per heavy atom. The molecule has 2 aromatic heterocycles. The molecule has 1 N–H and O–H groups in total. The van der Waals surface area contributed by atoms with Gasteiger partial charge in [-0.15, -0.1) is 11.3 Å². The lowest BCUT2D eigenvalue weighted by Gasteiger charge is -2.17. The molecule has 0 saturated heterocycles. The summed E-state index contributed by atoms with van der Waals surface area (Å²) in [4.78, 5) is 18.0. The molecule has 0 spiro atoms. The van der Waals surface area contributed by atoms with Gasteiger partial charge in [0.05, 0.1) is 12.2 Å². The van der Waals surface area contributed by atoms with Crippen molar-refractivity contribution in [2.24, 2.45) is 0 Å². The molecule has 17 heavy (non-hydrogen) atoms. The lowest BCUT2D eigenvalue weighted by atomic mass is 10.3. The number of hydrogen-bond donors (Lipinski definition) is 1. The van der Waals surface area contributed by atoms with Crippen molar-refractivity contribution in [1.29, 1.82) is 0 Å². The van der Waals surface area contributed by atoms with Crippen LogP contribution in [0.4, 0.5) is 0 Å². The van der Waals surface area contributed by atoms with Crippen LogP contribution in [0.2, 0.25) is 0 Å². The van der Waals surface area contributed by atoms with Crippen LogP contribution in [-0.4, -0.2) is 38.4 Å². The van der Waals surface area contributed by atoms with E-state index in [-0.39, 0.29) is 6.54 Å². The van der Waals surface area contributed by atoms with E-state index >= 15 is 0 Å². The smallest absolute Gasteiger partial charge is 0.317 e. The molecule has 5 nitrogen and oxygen atoms in total. The topological polar surface area (TPSA) is 57.8 Å². The lowest BCUT2D eigenvalue weighted by molar-refractivity contribution is -0.138. The summed E-state index contributed by atoms with van der Waals surface area (Å²) >= 11 is 1.58. The highest BCUT2D eigenvalue weighted by molar-refractivity contribution is 7.15. The van der Waals surface area contributed by atoms with Gasteiger partial charge in [0.25, 0.3) is 0 Å². The van der Waals surface area contributed by atoms with Crippen molar-refractivity contribution < 1.29 is 9.90 Å². The molecule has 0 radical (unpaired) electrons. The van der Waals surface area contributed by atoms with E-state index < -0.39 is 5.97 Å². The van der Waals surface area contributed by atoms with Crippen molar-refractivity contribution in [2.75, 3.05) is 13.1 Å². The highest BCUT2D eigenvalue weighted by atomic mass is 32.1. The fourth-order valence-electron chi connectivity index (χ4n) is 1.80. The minimum absolute atomic E-state index is 0.0685. The Kier molecular flexibility index (Phi) is 3.75. The number of carboxylic acid groups (broad SMARTS) is 1. The lowest BCUT2D eigenvalue weighted by Crippen LogP contribution is -2.30. The number of nitrogens with zero attached hydrogens (tertiary/aromatic N) is 3. The molecule has 0 amide bonds. The van der Waals surface area contributed by atoms with Crippen LogP contribution in [0.25, 0.3) is 4.96 Å². The second-order valence-electron chi connectivity index (χ2n) is 3.93. The molecular formula is C11H15N3O2S. The first-order valence-corrected chi connectivity index (χ1v) is 6.42. The first-order chi connectivity index (χ1) is 8.19. The van der Waals surface area contributed by atoms with Crippen LogP contribution < -0.4 is 0 Å². The maximum atomic E-state index is 10.7. The Labute approximate surface area is 103 Å². The molecule has 6 heteroatoms. The van der Waals surface area contributed by atoms with Gasteiger partial charge in [-0.1, -0.05) is 6.92 Å². The fraction of sp³-hybridized carbons (Fsp3) is 0.455. The van der Waals surface area contributed by atoms with Crippen LogP contribution >= 0.6 is 11.3 Å². The summed E-state index contributed by atoms with van der Waals surface area (Å²) in [6.45, 7) is 3.48. The van der Waals surface area contributed by atoms with Crippen LogP contribution in [0.5, 0.6) is 0 Å². The number of rotatable bonds is 6. The van der Waals surface area contributed by atoms with Gasteiger partial charge < -0.3 is 5.11 Å². The fourth-order valence-corrected chi connectivity index (χ4v) is 2.52. The Morgan fingerprint density at radius 3 is 3.12 bits per heavy atom. The third kappa shape index (κ3) is 3.04. The predicted molar refractivity (Wildman–Crippen MR) is 66.3 cm³/mol. The van der Waals surface area contributed by atoms with Crippen molar-refractivity contribution in [2.45, 2.75) is 19.9 Å². The van der Waals surface area contributed by atoms with Gasteiger partial charge in [-0.2, -0.15) is 0 Å². The Bertz CT molecular complexity index is 477. The summed E-state index contributed by atoms with van der Waals surface area (Å²) in [5.74, 6) is -0.792.